The van der Waals surface area contributed by atoms with Gasteiger partial charge in [0.15, 0.2) is 0 Å². The number of nitrogens with one attached hydrogen (secondary N) is 1. The molecule has 0 saturated heterocycles. The molecule has 9 nitrogen and oxygen atoms in total. The van der Waals surface area contributed by atoms with Crippen molar-refractivity contribution < 1.29 is 27.5 Å². The number of rotatable bonds is 11. The van der Waals surface area contributed by atoms with E-state index in [1.807, 2.05) is 13.0 Å². The van der Waals surface area contributed by atoms with Gasteiger partial charge in [0.05, 0.1) is 12.7 Å². The molecule has 1 aliphatic heterocycles. The predicted octanol–water partition coefficient (Wildman–Crippen LogP) is 2.56. The minimum atomic E-state index is -3.93. The summed E-state index contributed by atoms with van der Waals surface area (Å²) in [4.78, 5) is 39.9. The SMILES string of the molecule is CCCNC(=O)C(C)N(Cc1cccc(OC)c1)C(=O)CCCN1C(=O)c2ccccc2S1(=O)=O. The van der Waals surface area contributed by atoms with Crippen LogP contribution in [0.25, 0.3) is 0 Å². The van der Waals surface area contributed by atoms with Gasteiger partial charge in [-0.15, -0.1) is 0 Å². The van der Waals surface area contributed by atoms with Gasteiger partial charge in [-0.3, -0.25) is 14.4 Å². The van der Waals surface area contributed by atoms with E-state index in [1.54, 1.807) is 44.4 Å². The highest BCUT2D eigenvalue weighted by Gasteiger charge is 2.40. The van der Waals surface area contributed by atoms with Gasteiger partial charge >= 0.3 is 0 Å². The summed E-state index contributed by atoms with van der Waals surface area (Å²) in [6.45, 7) is 4.16. The zero-order valence-corrected chi connectivity index (χ0v) is 21.0. The van der Waals surface area contributed by atoms with Crippen molar-refractivity contribution in [2.24, 2.45) is 0 Å². The highest BCUT2D eigenvalue weighted by Crippen LogP contribution is 2.30. The maximum Gasteiger partial charge on any atom is 0.269 e. The molecule has 1 N–H and O–H groups in total. The van der Waals surface area contributed by atoms with Gasteiger partial charge in [-0.05, 0) is 49.6 Å². The van der Waals surface area contributed by atoms with Crippen LogP contribution in [0, 0.1) is 0 Å². The fourth-order valence-electron chi connectivity index (χ4n) is 3.92. The number of hydrogen-bond acceptors (Lipinski definition) is 6. The first-order valence-corrected chi connectivity index (χ1v) is 13.0. The molecule has 10 heteroatoms. The molecule has 0 aliphatic carbocycles. The van der Waals surface area contributed by atoms with Crippen molar-refractivity contribution in [1.82, 2.24) is 14.5 Å². The average Bonchev–Trinajstić information content (AvgIpc) is 3.06. The van der Waals surface area contributed by atoms with E-state index < -0.39 is 22.0 Å². The maximum atomic E-state index is 13.2. The van der Waals surface area contributed by atoms with Crippen LogP contribution in [0.1, 0.15) is 49.0 Å². The molecular formula is C25H31N3O6S. The number of sulfonamides is 1. The topological polar surface area (TPSA) is 113 Å². The number of ether oxygens (including phenoxy) is 1. The van der Waals surface area contributed by atoms with Crippen molar-refractivity contribution in [3.8, 4) is 5.75 Å². The van der Waals surface area contributed by atoms with Gasteiger partial charge in [-0.25, -0.2) is 12.7 Å². The lowest BCUT2D eigenvalue weighted by Crippen LogP contribution is -2.47. The molecule has 0 spiro atoms. The van der Waals surface area contributed by atoms with Crippen molar-refractivity contribution in [3.63, 3.8) is 0 Å². The number of amides is 3. The van der Waals surface area contributed by atoms with Gasteiger partial charge in [0.1, 0.15) is 16.7 Å². The Morgan fingerprint density at radius 3 is 2.57 bits per heavy atom. The van der Waals surface area contributed by atoms with Crippen LogP contribution in [0.3, 0.4) is 0 Å². The quantitative estimate of drug-likeness (QED) is 0.506. The van der Waals surface area contributed by atoms with Gasteiger partial charge < -0.3 is 15.0 Å². The van der Waals surface area contributed by atoms with Gasteiger partial charge in [-0.1, -0.05) is 31.2 Å². The molecule has 2 aromatic rings. The normalized spacial score (nSPS) is 14.8. The fourth-order valence-corrected chi connectivity index (χ4v) is 5.52. The Bertz CT molecular complexity index is 1200. The Morgan fingerprint density at radius 2 is 1.89 bits per heavy atom. The van der Waals surface area contributed by atoms with Crippen LogP contribution in [-0.2, 0) is 26.2 Å². The second kappa shape index (κ2) is 11.4. The molecule has 2 aromatic carbocycles. The Balaban J connectivity index is 1.71. The summed E-state index contributed by atoms with van der Waals surface area (Å²) >= 11 is 0. The van der Waals surface area contributed by atoms with Crippen LogP contribution in [0.5, 0.6) is 5.75 Å². The third kappa shape index (κ3) is 5.82. The highest BCUT2D eigenvalue weighted by atomic mass is 32.2. The lowest BCUT2D eigenvalue weighted by atomic mass is 10.1. The van der Waals surface area contributed by atoms with Crippen LogP contribution in [-0.4, -0.2) is 61.6 Å². The number of carbonyl (C=O) groups excluding carboxylic acids is 3. The van der Waals surface area contributed by atoms with E-state index in [4.69, 9.17) is 4.74 Å². The van der Waals surface area contributed by atoms with Crippen molar-refractivity contribution in [2.75, 3.05) is 20.2 Å². The molecule has 1 aliphatic rings. The van der Waals surface area contributed by atoms with Crippen molar-refractivity contribution in [1.29, 1.82) is 0 Å². The van der Waals surface area contributed by atoms with Crippen LogP contribution < -0.4 is 10.1 Å². The third-order valence-electron chi connectivity index (χ3n) is 5.87. The molecule has 35 heavy (non-hydrogen) atoms. The summed E-state index contributed by atoms with van der Waals surface area (Å²) in [6, 6.07) is 12.6. The molecule has 0 saturated carbocycles. The predicted molar refractivity (Wildman–Crippen MR) is 130 cm³/mol. The number of fused-ring (bicyclic) bond motifs is 1. The monoisotopic (exact) mass is 501 g/mol. The zero-order chi connectivity index (χ0) is 25.6. The van der Waals surface area contributed by atoms with Crippen LogP contribution >= 0.6 is 0 Å². The van der Waals surface area contributed by atoms with E-state index in [2.05, 4.69) is 5.32 Å². The molecular weight excluding hydrogens is 470 g/mol. The molecule has 0 radical (unpaired) electrons. The van der Waals surface area contributed by atoms with Crippen LogP contribution in [0.4, 0.5) is 0 Å². The second-order valence-electron chi connectivity index (χ2n) is 8.32. The molecule has 3 amide bonds. The minimum Gasteiger partial charge on any atom is -0.497 e. The molecule has 0 bridgehead atoms. The summed E-state index contributed by atoms with van der Waals surface area (Å²) in [6.07, 6.45) is 0.879. The zero-order valence-electron chi connectivity index (χ0n) is 20.2. The first-order chi connectivity index (χ1) is 16.7. The number of carbonyl (C=O) groups is 3. The third-order valence-corrected chi connectivity index (χ3v) is 7.71. The number of nitrogens with zero attached hydrogens (tertiary/aromatic N) is 2. The minimum absolute atomic E-state index is 0.0165. The standard InChI is InChI=1S/C25H31N3O6S/c1-4-14-26-24(30)18(2)27(17-19-9-7-10-20(16-19)34-3)23(29)13-8-15-28-25(31)21-11-5-6-12-22(21)35(28,32)33/h5-7,9-12,16,18H,4,8,13-15,17H2,1-3H3,(H,26,30). The summed E-state index contributed by atoms with van der Waals surface area (Å²) in [5, 5.41) is 2.81. The molecule has 188 valence electrons. The van der Waals surface area contributed by atoms with Gasteiger partial charge in [0.2, 0.25) is 11.8 Å². The van der Waals surface area contributed by atoms with E-state index in [-0.39, 0.29) is 48.2 Å². The first kappa shape index (κ1) is 26.2. The van der Waals surface area contributed by atoms with Gasteiger partial charge in [0.25, 0.3) is 15.9 Å². The second-order valence-corrected chi connectivity index (χ2v) is 10.2. The molecule has 1 heterocycles. The van der Waals surface area contributed by atoms with Crippen molar-refractivity contribution in [3.05, 3.63) is 59.7 Å². The van der Waals surface area contributed by atoms with Gasteiger partial charge in [-0.2, -0.15) is 0 Å². The summed E-state index contributed by atoms with van der Waals surface area (Å²) < 4.78 is 31.6. The van der Waals surface area contributed by atoms with Crippen LogP contribution in [0.15, 0.2) is 53.4 Å². The number of hydrogen-bond donors (Lipinski definition) is 1. The smallest absolute Gasteiger partial charge is 0.269 e. The van der Waals surface area contributed by atoms with Crippen molar-refractivity contribution in [2.45, 2.75) is 50.6 Å². The summed E-state index contributed by atoms with van der Waals surface area (Å²) in [5.74, 6) is -0.534. The molecule has 1 unspecified atom stereocenters. The number of benzene rings is 2. The lowest BCUT2D eigenvalue weighted by molar-refractivity contribution is -0.140. The van der Waals surface area contributed by atoms with E-state index >= 15 is 0 Å². The molecule has 3 rings (SSSR count). The Hall–Kier alpha value is -3.40. The summed E-state index contributed by atoms with van der Waals surface area (Å²) in [5.41, 5.74) is 0.931. The van der Waals surface area contributed by atoms with E-state index in [0.29, 0.717) is 12.3 Å². The lowest BCUT2D eigenvalue weighted by Gasteiger charge is -2.29. The Labute approximate surface area is 206 Å². The van der Waals surface area contributed by atoms with Crippen molar-refractivity contribution >= 4 is 27.7 Å². The molecule has 0 fully saturated rings. The Kier molecular flexibility index (Phi) is 8.50. The fraction of sp³-hybridized carbons (Fsp3) is 0.400. The van der Waals surface area contributed by atoms with Crippen LogP contribution in [0.2, 0.25) is 0 Å². The first-order valence-electron chi connectivity index (χ1n) is 11.6. The maximum absolute atomic E-state index is 13.2. The molecule has 0 aromatic heterocycles. The highest BCUT2D eigenvalue weighted by molar-refractivity contribution is 7.90. The summed E-state index contributed by atoms with van der Waals surface area (Å²) in [7, 11) is -2.38. The molecule has 1 atom stereocenters. The Morgan fingerprint density at radius 1 is 1.14 bits per heavy atom. The average molecular weight is 502 g/mol. The van der Waals surface area contributed by atoms with Gasteiger partial charge in [0, 0.05) is 26.1 Å². The largest absolute Gasteiger partial charge is 0.497 e. The van der Waals surface area contributed by atoms with E-state index in [0.717, 1.165) is 16.3 Å². The number of methoxy groups -OCH3 is 1. The van der Waals surface area contributed by atoms with E-state index in [1.165, 1.54) is 17.0 Å². The van der Waals surface area contributed by atoms with E-state index in [9.17, 15) is 22.8 Å².